The van der Waals surface area contributed by atoms with Crippen molar-refractivity contribution in [2.45, 2.75) is 17.7 Å². The lowest BCUT2D eigenvalue weighted by Gasteiger charge is -2.09. The summed E-state index contributed by atoms with van der Waals surface area (Å²) in [5, 5.41) is 3.17. The number of benzene rings is 1. The molecule has 0 unspecified atom stereocenters. The van der Waals surface area contributed by atoms with Crippen LogP contribution in [0.25, 0.3) is 0 Å². The zero-order chi connectivity index (χ0) is 13.8. The highest BCUT2D eigenvalue weighted by Crippen LogP contribution is 2.29. The van der Waals surface area contributed by atoms with Crippen molar-refractivity contribution in [3.63, 3.8) is 0 Å². The van der Waals surface area contributed by atoms with Crippen LogP contribution in [0.4, 0.5) is 10.5 Å². The van der Waals surface area contributed by atoms with E-state index in [0.29, 0.717) is 10.7 Å². The van der Waals surface area contributed by atoms with Crippen LogP contribution in [0.2, 0.25) is 5.02 Å². The van der Waals surface area contributed by atoms with Gasteiger partial charge in [-0.2, -0.15) is 0 Å². The van der Waals surface area contributed by atoms with Crippen LogP contribution >= 0.6 is 23.4 Å². The van der Waals surface area contributed by atoms with Gasteiger partial charge in [0.05, 0.1) is 5.02 Å². The first-order valence-electron chi connectivity index (χ1n) is 5.80. The molecule has 2 rings (SSSR count). The highest BCUT2D eigenvalue weighted by atomic mass is 35.5. The fraction of sp³-hybridized carbons (Fsp3) is 0.333. The van der Waals surface area contributed by atoms with Gasteiger partial charge >= 0.3 is 6.03 Å². The third kappa shape index (κ3) is 4.04. The van der Waals surface area contributed by atoms with Gasteiger partial charge in [0.15, 0.2) is 0 Å². The molecule has 0 heterocycles. The molecule has 1 fully saturated rings. The first-order chi connectivity index (χ1) is 9.10. The van der Waals surface area contributed by atoms with Crippen molar-refractivity contribution in [2.24, 2.45) is 5.92 Å². The van der Waals surface area contributed by atoms with Crippen molar-refractivity contribution in [1.29, 1.82) is 0 Å². The molecule has 1 saturated carbocycles. The molecule has 5 nitrogen and oxygen atoms in total. The molecular weight excluding hydrogens is 286 g/mol. The zero-order valence-corrected chi connectivity index (χ0v) is 11.9. The fourth-order valence-electron chi connectivity index (χ4n) is 1.47. The summed E-state index contributed by atoms with van der Waals surface area (Å²) in [6.45, 7) is 0. The van der Waals surface area contributed by atoms with Crippen LogP contribution in [0.1, 0.15) is 12.8 Å². The fourth-order valence-corrected chi connectivity index (χ4v) is 2.34. The van der Waals surface area contributed by atoms with E-state index < -0.39 is 6.03 Å². The van der Waals surface area contributed by atoms with Crippen LogP contribution in [-0.4, -0.2) is 18.2 Å². The predicted octanol–water partition coefficient (Wildman–Crippen LogP) is 2.62. The summed E-state index contributed by atoms with van der Waals surface area (Å²) in [6.07, 6.45) is 3.70. The van der Waals surface area contributed by atoms with Gasteiger partial charge in [-0.15, -0.1) is 11.8 Å². The van der Waals surface area contributed by atoms with Crippen LogP contribution < -0.4 is 16.2 Å². The van der Waals surface area contributed by atoms with Gasteiger partial charge in [-0.05, 0) is 37.3 Å². The Kier molecular flexibility index (Phi) is 4.55. The van der Waals surface area contributed by atoms with E-state index in [1.807, 2.05) is 12.3 Å². The van der Waals surface area contributed by atoms with E-state index in [-0.39, 0.29) is 11.8 Å². The Morgan fingerprint density at radius 3 is 2.63 bits per heavy atom. The normalized spacial score (nSPS) is 13.8. The van der Waals surface area contributed by atoms with Crippen molar-refractivity contribution >= 4 is 41.0 Å². The third-order valence-electron chi connectivity index (χ3n) is 2.66. The Labute approximate surface area is 120 Å². The van der Waals surface area contributed by atoms with Crippen molar-refractivity contribution in [3.05, 3.63) is 23.2 Å². The van der Waals surface area contributed by atoms with Crippen LogP contribution in [0.5, 0.6) is 0 Å². The van der Waals surface area contributed by atoms with Gasteiger partial charge in [0, 0.05) is 16.5 Å². The van der Waals surface area contributed by atoms with Crippen LogP contribution in [0, 0.1) is 5.92 Å². The summed E-state index contributed by atoms with van der Waals surface area (Å²) >= 11 is 7.56. The number of amides is 3. The number of hydrogen-bond acceptors (Lipinski definition) is 3. The molecule has 19 heavy (non-hydrogen) atoms. The maximum absolute atomic E-state index is 11.5. The third-order valence-corrected chi connectivity index (χ3v) is 3.88. The molecule has 1 aliphatic rings. The van der Waals surface area contributed by atoms with Crippen molar-refractivity contribution < 1.29 is 9.59 Å². The molecule has 0 atom stereocenters. The number of rotatable bonds is 3. The molecule has 1 aromatic carbocycles. The predicted molar refractivity (Wildman–Crippen MR) is 76.3 cm³/mol. The first kappa shape index (κ1) is 14.0. The maximum atomic E-state index is 11.5. The minimum atomic E-state index is -0.498. The molecule has 1 aromatic rings. The highest BCUT2D eigenvalue weighted by molar-refractivity contribution is 7.98. The van der Waals surface area contributed by atoms with Gasteiger partial charge < -0.3 is 5.32 Å². The molecule has 0 spiro atoms. The van der Waals surface area contributed by atoms with Crippen LogP contribution in [0.15, 0.2) is 23.1 Å². The van der Waals surface area contributed by atoms with E-state index in [2.05, 4.69) is 16.2 Å². The lowest BCUT2D eigenvalue weighted by atomic mass is 10.3. The van der Waals surface area contributed by atoms with E-state index in [9.17, 15) is 9.59 Å². The molecule has 7 heteroatoms. The number of hydrazine groups is 1. The summed E-state index contributed by atoms with van der Waals surface area (Å²) in [4.78, 5) is 23.8. The number of anilines is 1. The maximum Gasteiger partial charge on any atom is 0.337 e. The molecule has 0 aromatic heterocycles. The van der Waals surface area contributed by atoms with Gasteiger partial charge in [-0.25, -0.2) is 10.2 Å². The molecule has 0 aliphatic heterocycles. The molecule has 3 N–H and O–H groups in total. The quantitative estimate of drug-likeness (QED) is 0.593. The van der Waals surface area contributed by atoms with E-state index in [1.165, 1.54) is 11.8 Å². The van der Waals surface area contributed by atoms with Gasteiger partial charge in [0.2, 0.25) is 5.91 Å². The Hall–Kier alpha value is -1.40. The summed E-state index contributed by atoms with van der Waals surface area (Å²) in [5.41, 5.74) is 5.24. The standard InChI is InChI=1S/C12H14ClN3O2S/c1-19-10-5-4-8(6-9(10)13)14-12(18)16-15-11(17)7-2-3-7/h4-7H,2-3H2,1H3,(H,15,17)(H2,14,16,18). The second-order valence-electron chi connectivity index (χ2n) is 4.19. The largest absolute Gasteiger partial charge is 0.337 e. The van der Waals surface area contributed by atoms with Gasteiger partial charge in [-0.1, -0.05) is 11.6 Å². The number of urea groups is 1. The summed E-state index contributed by atoms with van der Waals surface area (Å²) in [6, 6.07) is 4.74. The molecule has 0 saturated heterocycles. The Morgan fingerprint density at radius 2 is 2.05 bits per heavy atom. The minimum absolute atomic E-state index is 0.0515. The van der Waals surface area contributed by atoms with Crippen molar-refractivity contribution in [1.82, 2.24) is 10.9 Å². The molecule has 1 aliphatic carbocycles. The average Bonchev–Trinajstić information content (AvgIpc) is 3.20. The second-order valence-corrected chi connectivity index (χ2v) is 5.45. The minimum Gasteiger partial charge on any atom is -0.307 e. The number of carbonyl (C=O) groups is 2. The van der Waals surface area contributed by atoms with E-state index in [4.69, 9.17) is 11.6 Å². The summed E-state index contributed by atoms with van der Waals surface area (Å²) < 4.78 is 0. The number of carbonyl (C=O) groups excluding carboxylic acids is 2. The molecule has 102 valence electrons. The molecule has 0 radical (unpaired) electrons. The Morgan fingerprint density at radius 1 is 1.32 bits per heavy atom. The smallest absolute Gasteiger partial charge is 0.307 e. The van der Waals surface area contributed by atoms with Crippen LogP contribution in [0.3, 0.4) is 0 Å². The monoisotopic (exact) mass is 299 g/mol. The van der Waals surface area contributed by atoms with Crippen LogP contribution in [-0.2, 0) is 4.79 Å². The van der Waals surface area contributed by atoms with E-state index in [0.717, 1.165) is 17.7 Å². The lowest BCUT2D eigenvalue weighted by molar-refractivity contribution is -0.122. The summed E-state index contributed by atoms with van der Waals surface area (Å²) in [5.74, 6) is -0.0958. The Balaban J connectivity index is 1.84. The first-order valence-corrected chi connectivity index (χ1v) is 7.41. The van der Waals surface area contributed by atoms with Crippen molar-refractivity contribution in [3.8, 4) is 0 Å². The topological polar surface area (TPSA) is 70.2 Å². The molecule has 0 bridgehead atoms. The Bertz CT molecular complexity index is 506. The van der Waals surface area contributed by atoms with Crippen molar-refractivity contribution in [2.75, 3.05) is 11.6 Å². The SMILES string of the molecule is CSc1ccc(NC(=O)NNC(=O)C2CC2)cc1Cl. The number of halogens is 1. The summed E-state index contributed by atoms with van der Waals surface area (Å²) in [7, 11) is 0. The van der Waals surface area contributed by atoms with Gasteiger partial charge in [0.25, 0.3) is 0 Å². The average molecular weight is 300 g/mol. The lowest BCUT2D eigenvalue weighted by Crippen LogP contribution is -2.44. The van der Waals surface area contributed by atoms with E-state index >= 15 is 0 Å². The second kappa shape index (κ2) is 6.16. The molecular formula is C12H14ClN3O2S. The van der Waals surface area contributed by atoms with E-state index in [1.54, 1.807) is 12.1 Å². The molecule has 3 amide bonds. The van der Waals surface area contributed by atoms with Gasteiger partial charge in [0.1, 0.15) is 0 Å². The number of nitrogens with one attached hydrogen (secondary N) is 3. The highest BCUT2D eigenvalue weighted by Gasteiger charge is 2.29. The zero-order valence-electron chi connectivity index (χ0n) is 10.3. The van der Waals surface area contributed by atoms with Gasteiger partial charge in [-0.3, -0.25) is 10.2 Å². The number of thioether (sulfide) groups is 1. The number of hydrogen-bond donors (Lipinski definition) is 3.